The summed E-state index contributed by atoms with van der Waals surface area (Å²) in [6, 6.07) is 11.0. The normalized spacial score (nSPS) is 10.7. The van der Waals surface area contributed by atoms with E-state index < -0.39 is 0 Å². The molecule has 2 N–H and O–H groups in total. The molecule has 0 saturated carbocycles. The molecule has 0 aliphatic heterocycles. The summed E-state index contributed by atoms with van der Waals surface area (Å²) in [7, 11) is 0. The standard InChI is InChI=1S/C21H25N5O2/c1-4-28-20-11-10-19(25-26-20)16-7-5-8-17(13-16)21(27)22-12-6-9-18-14(2)23-24-15(18)3/h5,7-8,10-11,13H,4,6,9,12H2,1-3H3,(H,22,27)(H,23,24). The van der Waals surface area contributed by atoms with Gasteiger partial charge in [0.2, 0.25) is 5.88 Å². The number of aryl methyl sites for hydroxylation is 2. The fourth-order valence-electron chi connectivity index (χ4n) is 3.03. The second-order valence-corrected chi connectivity index (χ2v) is 6.54. The van der Waals surface area contributed by atoms with Crippen LogP contribution < -0.4 is 10.1 Å². The maximum Gasteiger partial charge on any atom is 0.251 e. The molecule has 0 aliphatic rings. The number of carbonyl (C=O) groups is 1. The topological polar surface area (TPSA) is 92.8 Å². The minimum atomic E-state index is -0.0959. The second-order valence-electron chi connectivity index (χ2n) is 6.54. The highest BCUT2D eigenvalue weighted by molar-refractivity contribution is 5.95. The summed E-state index contributed by atoms with van der Waals surface area (Å²) < 4.78 is 5.31. The van der Waals surface area contributed by atoms with Gasteiger partial charge in [-0.25, -0.2) is 0 Å². The summed E-state index contributed by atoms with van der Waals surface area (Å²) in [6.07, 6.45) is 1.74. The van der Waals surface area contributed by atoms with Crippen molar-refractivity contribution in [1.82, 2.24) is 25.7 Å². The van der Waals surface area contributed by atoms with Crippen molar-refractivity contribution in [2.24, 2.45) is 0 Å². The lowest BCUT2D eigenvalue weighted by atomic mass is 10.1. The number of amides is 1. The van der Waals surface area contributed by atoms with E-state index in [4.69, 9.17) is 4.74 Å². The fourth-order valence-corrected chi connectivity index (χ4v) is 3.03. The minimum absolute atomic E-state index is 0.0959. The molecule has 3 aromatic rings. The lowest BCUT2D eigenvalue weighted by Crippen LogP contribution is -2.24. The first-order valence-electron chi connectivity index (χ1n) is 9.44. The average Bonchev–Trinajstić information content (AvgIpc) is 3.04. The van der Waals surface area contributed by atoms with Crippen molar-refractivity contribution in [2.75, 3.05) is 13.2 Å². The van der Waals surface area contributed by atoms with Crippen molar-refractivity contribution >= 4 is 5.91 Å². The monoisotopic (exact) mass is 379 g/mol. The molecule has 0 radical (unpaired) electrons. The van der Waals surface area contributed by atoms with Gasteiger partial charge in [-0.15, -0.1) is 10.2 Å². The summed E-state index contributed by atoms with van der Waals surface area (Å²) in [5.74, 6) is 0.393. The molecule has 2 heterocycles. The van der Waals surface area contributed by atoms with Gasteiger partial charge in [0.1, 0.15) is 0 Å². The molecule has 7 nitrogen and oxygen atoms in total. The van der Waals surface area contributed by atoms with E-state index in [1.807, 2.05) is 45.0 Å². The largest absolute Gasteiger partial charge is 0.477 e. The summed E-state index contributed by atoms with van der Waals surface area (Å²) in [5.41, 5.74) is 5.48. The van der Waals surface area contributed by atoms with Crippen LogP contribution in [0.15, 0.2) is 36.4 Å². The molecule has 1 aromatic carbocycles. The van der Waals surface area contributed by atoms with Crippen molar-refractivity contribution in [1.29, 1.82) is 0 Å². The lowest BCUT2D eigenvalue weighted by Gasteiger charge is -2.08. The predicted octanol–water partition coefficient (Wildman–Crippen LogP) is 3.24. The van der Waals surface area contributed by atoms with Crippen LogP contribution in [0.1, 0.15) is 40.7 Å². The number of H-pyrrole nitrogens is 1. The molecule has 0 fully saturated rings. The van der Waals surface area contributed by atoms with Gasteiger partial charge in [0.25, 0.3) is 5.91 Å². The molecule has 0 bridgehead atoms. The molecule has 146 valence electrons. The average molecular weight is 379 g/mol. The Hall–Kier alpha value is -3.22. The molecule has 2 aromatic heterocycles. The van der Waals surface area contributed by atoms with E-state index in [1.165, 1.54) is 5.56 Å². The molecule has 0 atom stereocenters. The maximum absolute atomic E-state index is 12.5. The van der Waals surface area contributed by atoms with Gasteiger partial charge in [-0.2, -0.15) is 5.10 Å². The molecule has 7 heteroatoms. The van der Waals surface area contributed by atoms with Crippen LogP contribution in [-0.2, 0) is 6.42 Å². The Bertz CT molecular complexity index is 915. The van der Waals surface area contributed by atoms with Crippen molar-refractivity contribution in [3.63, 3.8) is 0 Å². The minimum Gasteiger partial charge on any atom is -0.477 e. The van der Waals surface area contributed by atoms with Crippen LogP contribution in [0.2, 0.25) is 0 Å². The molecule has 0 saturated heterocycles. The maximum atomic E-state index is 12.5. The van der Waals surface area contributed by atoms with E-state index in [-0.39, 0.29) is 5.91 Å². The second kappa shape index (κ2) is 9.12. The number of hydrogen-bond donors (Lipinski definition) is 2. The Morgan fingerprint density at radius 3 is 2.71 bits per heavy atom. The van der Waals surface area contributed by atoms with Crippen molar-refractivity contribution in [3.8, 4) is 17.1 Å². The number of carbonyl (C=O) groups excluding carboxylic acids is 1. The number of aromatic amines is 1. The number of nitrogens with one attached hydrogen (secondary N) is 2. The highest BCUT2D eigenvalue weighted by Crippen LogP contribution is 2.19. The van der Waals surface area contributed by atoms with Gasteiger partial charge in [-0.05, 0) is 57.4 Å². The van der Waals surface area contributed by atoms with Crippen LogP contribution in [0.4, 0.5) is 0 Å². The smallest absolute Gasteiger partial charge is 0.251 e. The van der Waals surface area contributed by atoms with E-state index in [1.54, 1.807) is 12.1 Å². The highest BCUT2D eigenvalue weighted by Gasteiger charge is 2.09. The zero-order valence-electron chi connectivity index (χ0n) is 16.5. The first-order chi connectivity index (χ1) is 13.6. The summed E-state index contributed by atoms with van der Waals surface area (Å²) in [4.78, 5) is 12.5. The summed E-state index contributed by atoms with van der Waals surface area (Å²) in [6.45, 7) is 7.06. The van der Waals surface area contributed by atoms with Crippen LogP contribution in [0.3, 0.4) is 0 Å². The summed E-state index contributed by atoms with van der Waals surface area (Å²) >= 11 is 0. The number of rotatable bonds is 8. The Morgan fingerprint density at radius 1 is 1.18 bits per heavy atom. The molecule has 3 rings (SSSR count). The number of hydrogen-bond acceptors (Lipinski definition) is 5. The molecular formula is C21H25N5O2. The van der Waals surface area contributed by atoms with Gasteiger partial charge in [-0.1, -0.05) is 12.1 Å². The molecule has 0 aliphatic carbocycles. The van der Waals surface area contributed by atoms with E-state index in [2.05, 4.69) is 25.7 Å². The zero-order valence-corrected chi connectivity index (χ0v) is 16.5. The molecule has 1 amide bonds. The lowest BCUT2D eigenvalue weighted by molar-refractivity contribution is 0.0953. The van der Waals surface area contributed by atoms with Gasteiger partial charge in [0, 0.05) is 29.4 Å². The van der Waals surface area contributed by atoms with Crippen molar-refractivity contribution < 1.29 is 9.53 Å². The third-order valence-corrected chi connectivity index (χ3v) is 4.52. The van der Waals surface area contributed by atoms with E-state index >= 15 is 0 Å². The third-order valence-electron chi connectivity index (χ3n) is 4.52. The molecule has 28 heavy (non-hydrogen) atoms. The van der Waals surface area contributed by atoms with Gasteiger partial charge in [0.05, 0.1) is 18.0 Å². The highest BCUT2D eigenvalue weighted by atomic mass is 16.5. The molecule has 0 spiro atoms. The van der Waals surface area contributed by atoms with Crippen LogP contribution in [0.25, 0.3) is 11.3 Å². The number of nitrogens with zero attached hydrogens (tertiary/aromatic N) is 3. The van der Waals surface area contributed by atoms with E-state index in [0.717, 1.165) is 29.8 Å². The Labute approximate surface area is 164 Å². The van der Waals surface area contributed by atoms with Gasteiger partial charge in [0.15, 0.2) is 0 Å². The number of ether oxygens (including phenoxy) is 1. The van der Waals surface area contributed by atoms with Gasteiger partial charge in [-0.3, -0.25) is 9.89 Å². The van der Waals surface area contributed by atoms with E-state index in [0.29, 0.717) is 30.3 Å². The number of aromatic nitrogens is 4. The van der Waals surface area contributed by atoms with Crippen LogP contribution in [-0.4, -0.2) is 39.5 Å². The zero-order chi connectivity index (χ0) is 19.9. The Morgan fingerprint density at radius 2 is 2.04 bits per heavy atom. The van der Waals surface area contributed by atoms with Gasteiger partial charge < -0.3 is 10.1 Å². The fraction of sp³-hybridized carbons (Fsp3) is 0.333. The van der Waals surface area contributed by atoms with Crippen LogP contribution >= 0.6 is 0 Å². The number of benzene rings is 1. The van der Waals surface area contributed by atoms with Crippen LogP contribution in [0.5, 0.6) is 5.88 Å². The quantitative estimate of drug-likeness (QED) is 0.586. The molecule has 0 unspecified atom stereocenters. The van der Waals surface area contributed by atoms with Crippen molar-refractivity contribution in [2.45, 2.75) is 33.6 Å². The SMILES string of the molecule is CCOc1ccc(-c2cccc(C(=O)NCCCc3c(C)n[nH]c3C)c2)nn1. The summed E-state index contributed by atoms with van der Waals surface area (Å²) in [5, 5.41) is 18.4. The van der Waals surface area contributed by atoms with E-state index in [9.17, 15) is 4.79 Å². The first kappa shape index (κ1) is 19.5. The van der Waals surface area contributed by atoms with Crippen molar-refractivity contribution in [3.05, 3.63) is 58.9 Å². The van der Waals surface area contributed by atoms with Gasteiger partial charge >= 0.3 is 0 Å². The predicted molar refractivity (Wildman–Crippen MR) is 107 cm³/mol. The third kappa shape index (κ3) is 4.73. The van der Waals surface area contributed by atoms with Crippen LogP contribution in [0, 0.1) is 13.8 Å². The molecular weight excluding hydrogens is 354 g/mol. The Kier molecular flexibility index (Phi) is 6.37. The Balaban J connectivity index is 1.57. The first-order valence-corrected chi connectivity index (χ1v) is 9.44.